The first-order valence-corrected chi connectivity index (χ1v) is 9.84. The maximum Gasteiger partial charge on any atom is 0.534 e. The fourth-order valence-electron chi connectivity index (χ4n) is 3.47. The second-order valence-electron chi connectivity index (χ2n) is 7.80. The van der Waals surface area contributed by atoms with Crippen LogP contribution in [0.4, 0.5) is 4.79 Å². The first-order chi connectivity index (χ1) is 14.2. The lowest BCUT2D eigenvalue weighted by Crippen LogP contribution is -2.39. The zero-order valence-electron chi connectivity index (χ0n) is 16.8. The molecule has 0 unspecified atom stereocenters. The van der Waals surface area contributed by atoms with Gasteiger partial charge in [-0.3, -0.25) is 19.2 Å². The standard InChI is InChI=1S/C20H24N2O8/c1-13-7-8-15(23)21(13)30-19(27)28-14-5-3-11-20(2,12-4-6-14)18(26)29-22-16(24)9-10-17(22)25/h3,5,14H,1,4,6-12H2,2H3/b5-3+/t14-,20+/m1/s1. The number of rotatable bonds is 4. The van der Waals surface area contributed by atoms with Gasteiger partial charge in [0.15, 0.2) is 0 Å². The van der Waals surface area contributed by atoms with Crippen molar-refractivity contribution < 1.29 is 38.4 Å². The topological polar surface area (TPSA) is 120 Å². The van der Waals surface area contributed by atoms with Crippen molar-refractivity contribution in [2.24, 2.45) is 5.41 Å². The maximum atomic E-state index is 12.6. The molecule has 0 aromatic rings. The fourth-order valence-corrected chi connectivity index (χ4v) is 3.47. The molecule has 162 valence electrons. The monoisotopic (exact) mass is 420 g/mol. The van der Waals surface area contributed by atoms with E-state index in [0.717, 1.165) is 5.06 Å². The molecule has 0 radical (unpaired) electrons. The van der Waals surface area contributed by atoms with E-state index in [-0.39, 0.29) is 31.6 Å². The van der Waals surface area contributed by atoms with Crippen LogP contribution in [0.2, 0.25) is 0 Å². The van der Waals surface area contributed by atoms with Gasteiger partial charge < -0.3 is 9.57 Å². The Balaban J connectivity index is 1.54. The van der Waals surface area contributed by atoms with Crippen LogP contribution in [0.1, 0.15) is 58.3 Å². The van der Waals surface area contributed by atoms with Crippen molar-refractivity contribution in [3.05, 3.63) is 24.4 Å². The van der Waals surface area contributed by atoms with E-state index in [4.69, 9.17) is 14.4 Å². The third-order valence-electron chi connectivity index (χ3n) is 5.36. The Hall–Kier alpha value is -3.17. The Morgan fingerprint density at radius 3 is 2.30 bits per heavy atom. The van der Waals surface area contributed by atoms with Gasteiger partial charge in [-0.1, -0.05) is 12.7 Å². The normalized spacial score (nSPS) is 28.2. The third-order valence-corrected chi connectivity index (χ3v) is 5.36. The highest BCUT2D eigenvalue weighted by Crippen LogP contribution is 2.34. The number of hydrogen-bond acceptors (Lipinski definition) is 8. The van der Waals surface area contributed by atoms with E-state index < -0.39 is 35.5 Å². The van der Waals surface area contributed by atoms with Gasteiger partial charge in [0.25, 0.3) is 17.7 Å². The third kappa shape index (κ3) is 4.69. The number of carbonyl (C=O) groups is 5. The summed E-state index contributed by atoms with van der Waals surface area (Å²) in [6.07, 6.45) is 4.10. The molecular formula is C20H24N2O8. The molecule has 10 nitrogen and oxygen atoms in total. The smallest absolute Gasteiger partial charge is 0.425 e. The lowest BCUT2D eigenvalue weighted by atomic mass is 9.80. The molecular weight excluding hydrogens is 396 g/mol. The van der Waals surface area contributed by atoms with Crippen molar-refractivity contribution in [2.75, 3.05) is 0 Å². The van der Waals surface area contributed by atoms with Crippen LogP contribution in [0.3, 0.4) is 0 Å². The molecule has 30 heavy (non-hydrogen) atoms. The van der Waals surface area contributed by atoms with Crippen molar-refractivity contribution >= 4 is 29.8 Å². The Bertz CT molecular complexity index is 788. The number of ether oxygens (including phenoxy) is 1. The van der Waals surface area contributed by atoms with E-state index in [1.807, 2.05) is 0 Å². The maximum absolute atomic E-state index is 12.6. The number of amides is 3. The molecule has 2 atom stereocenters. The quantitative estimate of drug-likeness (QED) is 0.386. The summed E-state index contributed by atoms with van der Waals surface area (Å²) in [6.45, 7) is 5.36. The molecule has 10 heteroatoms. The van der Waals surface area contributed by atoms with E-state index in [1.165, 1.54) is 0 Å². The minimum atomic E-state index is -1.00. The molecule has 3 aliphatic rings. The first-order valence-electron chi connectivity index (χ1n) is 9.84. The number of allylic oxidation sites excluding steroid dienone is 2. The van der Waals surface area contributed by atoms with Crippen LogP contribution in [0.5, 0.6) is 0 Å². The van der Waals surface area contributed by atoms with Crippen LogP contribution in [0, 0.1) is 5.41 Å². The molecule has 0 aromatic carbocycles. The summed E-state index contributed by atoms with van der Waals surface area (Å²) in [6, 6.07) is 0. The second kappa shape index (κ2) is 8.68. The Labute approximate surface area is 173 Å². The summed E-state index contributed by atoms with van der Waals surface area (Å²) in [4.78, 5) is 69.6. The molecule has 2 saturated heterocycles. The van der Waals surface area contributed by atoms with Gasteiger partial charge in [-0.2, -0.15) is 0 Å². The molecule has 3 rings (SSSR count). The van der Waals surface area contributed by atoms with Gasteiger partial charge in [0, 0.05) is 19.3 Å². The van der Waals surface area contributed by atoms with Crippen LogP contribution in [0.15, 0.2) is 24.4 Å². The van der Waals surface area contributed by atoms with Gasteiger partial charge in [-0.25, -0.2) is 9.59 Å². The Kier molecular flexibility index (Phi) is 6.23. The average molecular weight is 420 g/mol. The van der Waals surface area contributed by atoms with Gasteiger partial charge in [-0.15, -0.1) is 10.1 Å². The van der Waals surface area contributed by atoms with Gasteiger partial charge in [-0.05, 0) is 45.1 Å². The Morgan fingerprint density at radius 1 is 1.03 bits per heavy atom. The zero-order chi connectivity index (χ0) is 21.9. The molecule has 0 N–H and O–H groups in total. The van der Waals surface area contributed by atoms with Gasteiger partial charge in [0.2, 0.25) is 0 Å². The van der Waals surface area contributed by atoms with E-state index in [0.29, 0.717) is 36.4 Å². The van der Waals surface area contributed by atoms with Gasteiger partial charge in [0.05, 0.1) is 11.1 Å². The van der Waals surface area contributed by atoms with Crippen LogP contribution >= 0.6 is 0 Å². The summed E-state index contributed by atoms with van der Waals surface area (Å²) >= 11 is 0. The molecule has 1 aliphatic carbocycles. The molecule has 2 aliphatic heterocycles. The van der Waals surface area contributed by atoms with Crippen molar-refractivity contribution in [1.29, 1.82) is 0 Å². The molecule has 3 amide bonds. The lowest BCUT2D eigenvalue weighted by Gasteiger charge is -2.29. The van der Waals surface area contributed by atoms with Crippen molar-refractivity contribution in [1.82, 2.24) is 10.1 Å². The highest BCUT2D eigenvalue weighted by atomic mass is 16.8. The molecule has 0 aromatic heterocycles. The SMILES string of the molecule is C=C1CCC(=O)N1OC(=O)O[C@@H]1/C=C/C[C@](C)(C(=O)ON2C(=O)CCC2=O)CCC1. The van der Waals surface area contributed by atoms with Crippen LogP contribution in [0.25, 0.3) is 0 Å². The predicted molar refractivity (Wildman–Crippen MR) is 99.5 cm³/mol. The minimum absolute atomic E-state index is 0.0359. The zero-order valence-corrected chi connectivity index (χ0v) is 16.8. The van der Waals surface area contributed by atoms with Crippen LogP contribution < -0.4 is 0 Å². The molecule has 0 spiro atoms. The molecule has 2 fully saturated rings. The first kappa shape index (κ1) is 21.5. The van der Waals surface area contributed by atoms with Crippen LogP contribution in [-0.2, 0) is 33.6 Å². The van der Waals surface area contributed by atoms with Crippen molar-refractivity contribution in [3.63, 3.8) is 0 Å². The van der Waals surface area contributed by atoms with E-state index in [1.54, 1.807) is 19.1 Å². The largest absolute Gasteiger partial charge is 0.534 e. The lowest BCUT2D eigenvalue weighted by molar-refractivity contribution is -0.205. The Morgan fingerprint density at radius 2 is 1.67 bits per heavy atom. The number of carbonyl (C=O) groups excluding carboxylic acids is 5. The van der Waals surface area contributed by atoms with Gasteiger partial charge >= 0.3 is 12.1 Å². The van der Waals surface area contributed by atoms with Crippen molar-refractivity contribution in [2.45, 2.75) is 64.4 Å². The van der Waals surface area contributed by atoms with Crippen LogP contribution in [-0.4, -0.2) is 46.1 Å². The summed E-state index contributed by atoms with van der Waals surface area (Å²) in [5, 5.41) is 1.40. The predicted octanol–water partition coefficient (Wildman–Crippen LogP) is 2.30. The molecule has 0 bridgehead atoms. The van der Waals surface area contributed by atoms with E-state index in [2.05, 4.69) is 6.58 Å². The summed E-state index contributed by atoms with van der Waals surface area (Å²) in [5.74, 6) is -2.05. The van der Waals surface area contributed by atoms with Crippen molar-refractivity contribution in [3.8, 4) is 0 Å². The second-order valence-corrected chi connectivity index (χ2v) is 7.80. The number of hydrogen-bond donors (Lipinski definition) is 0. The van der Waals surface area contributed by atoms with E-state index >= 15 is 0 Å². The number of imide groups is 1. The molecule has 2 heterocycles. The summed E-state index contributed by atoms with van der Waals surface area (Å²) in [5.41, 5.74) is -0.528. The average Bonchev–Trinajstić information content (AvgIpc) is 3.16. The highest BCUT2D eigenvalue weighted by molar-refractivity contribution is 6.01. The minimum Gasteiger partial charge on any atom is -0.425 e. The highest BCUT2D eigenvalue weighted by Gasteiger charge is 2.40. The summed E-state index contributed by atoms with van der Waals surface area (Å²) in [7, 11) is 0. The fraction of sp³-hybridized carbons (Fsp3) is 0.550. The summed E-state index contributed by atoms with van der Waals surface area (Å²) < 4.78 is 5.25. The van der Waals surface area contributed by atoms with Gasteiger partial charge in [0.1, 0.15) is 6.10 Å². The molecule has 0 saturated carbocycles. The number of hydroxylamine groups is 4. The van der Waals surface area contributed by atoms with E-state index in [9.17, 15) is 24.0 Å². The number of nitrogens with zero attached hydrogens (tertiary/aromatic N) is 2.